The summed E-state index contributed by atoms with van der Waals surface area (Å²) in [6, 6.07) is 10.3. The minimum atomic E-state index is -0.135. The Kier molecular flexibility index (Phi) is 9.02. The highest BCUT2D eigenvalue weighted by molar-refractivity contribution is 14.0. The maximum absolute atomic E-state index is 11.8. The van der Waals surface area contributed by atoms with Gasteiger partial charge in [0.1, 0.15) is 0 Å². The molecule has 2 atom stereocenters. The Labute approximate surface area is 167 Å². The molecule has 1 saturated heterocycles. The van der Waals surface area contributed by atoms with Crippen LogP contribution in [0.15, 0.2) is 35.3 Å². The first-order valence-corrected chi connectivity index (χ1v) is 8.36. The third kappa shape index (κ3) is 5.76. The monoisotopic (exact) mass is 460 g/mol. The summed E-state index contributed by atoms with van der Waals surface area (Å²) in [5, 5.41) is 3.39. The van der Waals surface area contributed by atoms with Gasteiger partial charge in [-0.1, -0.05) is 25.1 Å². The van der Waals surface area contributed by atoms with Gasteiger partial charge >= 0.3 is 5.97 Å². The third-order valence-corrected chi connectivity index (χ3v) is 4.55. The fraction of sp³-hybridized carbons (Fsp3) is 0.556. The lowest BCUT2D eigenvalue weighted by molar-refractivity contribution is -0.145. The number of carbonyl (C=O) groups is 1. The summed E-state index contributed by atoms with van der Waals surface area (Å²) in [7, 11) is 5.30. The second-order valence-corrected chi connectivity index (χ2v) is 6.24. The molecule has 1 aromatic rings. The molecule has 1 aliphatic rings. The number of rotatable bonds is 5. The highest BCUT2D eigenvalue weighted by Gasteiger charge is 2.36. The molecule has 6 nitrogen and oxygen atoms in total. The van der Waals surface area contributed by atoms with E-state index in [1.54, 1.807) is 7.05 Å². The van der Waals surface area contributed by atoms with E-state index in [9.17, 15) is 4.79 Å². The Balaban J connectivity index is 0.00000312. The second-order valence-electron chi connectivity index (χ2n) is 6.24. The van der Waals surface area contributed by atoms with Gasteiger partial charge in [-0.05, 0) is 18.1 Å². The average molecular weight is 460 g/mol. The lowest BCUT2D eigenvalue weighted by Crippen LogP contribution is -2.43. The maximum atomic E-state index is 11.8. The van der Waals surface area contributed by atoms with Gasteiger partial charge in [0.05, 0.1) is 13.0 Å². The minimum Gasteiger partial charge on any atom is -0.469 e. The van der Waals surface area contributed by atoms with Crippen molar-refractivity contribution < 1.29 is 9.53 Å². The van der Waals surface area contributed by atoms with Crippen LogP contribution in [0.1, 0.15) is 6.92 Å². The number of ether oxygens (including phenoxy) is 1. The van der Waals surface area contributed by atoms with Gasteiger partial charge in [-0.25, -0.2) is 0 Å². The topological polar surface area (TPSA) is 57.2 Å². The van der Waals surface area contributed by atoms with Gasteiger partial charge in [-0.3, -0.25) is 9.79 Å². The molecule has 1 aliphatic heterocycles. The molecule has 0 aliphatic carbocycles. The predicted octanol–water partition coefficient (Wildman–Crippen LogP) is 2.06. The van der Waals surface area contributed by atoms with Gasteiger partial charge in [0, 0.05) is 46.0 Å². The van der Waals surface area contributed by atoms with Crippen molar-refractivity contribution >= 4 is 41.6 Å². The van der Waals surface area contributed by atoms with Gasteiger partial charge in [0.25, 0.3) is 0 Å². The maximum Gasteiger partial charge on any atom is 0.310 e. The number of nitrogens with one attached hydrogen (secondary N) is 1. The number of halogens is 1. The zero-order valence-corrected chi connectivity index (χ0v) is 17.8. The van der Waals surface area contributed by atoms with Crippen LogP contribution in [0.25, 0.3) is 0 Å². The highest BCUT2D eigenvalue weighted by Crippen LogP contribution is 2.24. The van der Waals surface area contributed by atoms with Gasteiger partial charge in [-0.15, -0.1) is 24.0 Å². The smallest absolute Gasteiger partial charge is 0.310 e. The molecule has 1 heterocycles. The molecule has 1 aromatic carbocycles. The minimum absolute atomic E-state index is 0. The number of para-hydroxylation sites is 1. The van der Waals surface area contributed by atoms with E-state index in [1.165, 1.54) is 12.8 Å². The van der Waals surface area contributed by atoms with Crippen molar-refractivity contribution in [2.45, 2.75) is 6.92 Å². The number of hydrogen-bond donors (Lipinski definition) is 1. The van der Waals surface area contributed by atoms with Crippen molar-refractivity contribution in [1.82, 2.24) is 10.2 Å². The van der Waals surface area contributed by atoms with E-state index < -0.39 is 0 Å². The van der Waals surface area contributed by atoms with Crippen LogP contribution in [0.3, 0.4) is 0 Å². The second kappa shape index (κ2) is 10.5. The fourth-order valence-electron chi connectivity index (χ4n) is 3.08. The number of anilines is 1. The van der Waals surface area contributed by atoms with Crippen molar-refractivity contribution in [2.75, 3.05) is 52.3 Å². The molecule has 0 saturated carbocycles. The number of likely N-dealkylation sites (N-methyl/N-ethyl adjacent to an activating group) is 1. The molecule has 0 bridgehead atoms. The quantitative estimate of drug-likeness (QED) is 0.316. The number of aliphatic imine (C=N–C) groups is 1. The molecule has 1 fully saturated rings. The highest BCUT2D eigenvalue weighted by atomic mass is 127. The van der Waals surface area contributed by atoms with Crippen molar-refractivity contribution in [3.8, 4) is 0 Å². The van der Waals surface area contributed by atoms with Crippen molar-refractivity contribution in [1.29, 1.82) is 0 Å². The van der Waals surface area contributed by atoms with Crippen LogP contribution in [0, 0.1) is 11.8 Å². The van der Waals surface area contributed by atoms with Crippen LogP contribution in [0.5, 0.6) is 0 Å². The van der Waals surface area contributed by atoms with Crippen molar-refractivity contribution in [3.05, 3.63) is 30.3 Å². The SMILES string of the molecule is CN=C(NCCN(C)c1ccccc1)N1CC(C)C(C(=O)OC)C1.I. The van der Waals surface area contributed by atoms with Crippen molar-refractivity contribution in [3.63, 3.8) is 0 Å². The van der Waals surface area contributed by atoms with E-state index in [0.29, 0.717) is 6.54 Å². The molecule has 2 rings (SSSR count). The van der Waals surface area contributed by atoms with E-state index in [0.717, 1.165) is 25.6 Å². The number of hydrogen-bond acceptors (Lipinski definition) is 4. The Morgan fingerprint density at radius 2 is 2.04 bits per heavy atom. The number of likely N-dealkylation sites (tertiary alicyclic amines) is 1. The first-order valence-electron chi connectivity index (χ1n) is 8.36. The van der Waals surface area contributed by atoms with Crippen LogP contribution in [-0.4, -0.2) is 64.2 Å². The summed E-state index contributed by atoms with van der Waals surface area (Å²) in [6.07, 6.45) is 0. The Hall–Kier alpha value is -1.51. The van der Waals surface area contributed by atoms with Gasteiger partial charge in [-0.2, -0.15) is 0 Å². The molecule has 25 heavy (non-hydrogen) atoms. The molecule has 0 radical (unpaired) electrons. The van der Waals surface area contributed by atoms with E-state index >= 15 is 0 Å². The summed E-state index contributed by atoms with van der Waals surface area (Å²) in [4.78, 5) is 20.5. The number of benzene rings is 1. The van der Waals surface area contributed by atoms with Crippen LogP contribution < -0.4 is 10.2 Å². The third-order valence-electron chi connectivity index (χ3n) is 4.55. The molecule has 2 unspecified atom stereocenters. The number of methoxy groups -OCH3 is 1. The number of carbonyl (C=O) groups excluding carboxylic acids is 1. The summed E-state index contributed by atoms with van der Waals surface area (Å²) in [5.41, 5.74) is 1.19. The Morgan fingerprint density at radius 1 is 1.36 bits per heavy atom. The van der Waals surface area contributed by atoms with E-state index in [4.69, 9.17) is 4.74 Å². The predicted molar refractivity (Wildman–Crippen MR) is 113 cm³/mol. The summed E-state index contributed by atoms with van der Waals surface area (Å²) in [6.45, 7) is 5.20. The summed E-state index contributed by atoms with van der Waals surface area (Å²) in [5.74, 6) is 0.891. The molecule has 0 amide bonds. The zero-order valence-electron chi connectivity index (χ0n) is 15.4. The molecule has 1 N–H and O–H groups in total. The van der Waals surface area contributed by atoms with Gasteiger partial charge in [0.15, 0.2) is 5.96 Å². The lowest BCUT2D eigenvalue weighted by atomic mass is 9.99. The Morgan fingerprint density at radius 3 is 2.64 bits per heavy atom. The standard InChI is InChI=1S/C18H28N4O2.HI/c1-14-12-22(13-16(14)17(23)24-4)18(19-2)20-10-11-21(3)15-8-6-5-7-9-15;/h5-9,14,16H,10-13H2,1-4H3,(H,19,20);1H. The zero-order chi connectivity index (χ0) is 17.5. The number of esters is 1. The summed E-state index contributed by atoms with van der Waals surface area (Å²) >= 11 is 0. The van der Waals surface area contributed by atoms with E-state index in [1.807, 2.05) is 18.2 Å². The Bertz CT molecular complexity index is 567. The van der Waals surface area contributed by atoms with Gasteiger partial charge < -0.3 is 19.9 Å². The lowest BCUT2D eigenvalue weighted by Gasteiger charge is -2.24. The molecule has 0 spiro atoms. The molecule has 140 valence electrons. The first-order chi connectivity index (χ1) is 11.6. The van der Waals surface area contributed by atoms with Crippen molar-refractivity contribution in [2.24, 2.45) is 16.8 Å². The van der Waals surface area contributed by atoms with Crippen LogP contribution >= 0.6 is 24.0 Å². The first kappa shape index (κ1) is 21.5. The number of guanidine groups is 1. The van der Waals surface area contributed by atoms with E-state index in [-0.39, 0.29) is 41.8 Å². The van der Waals surface area contributed by atoms with Crippen LogP contribution in [0.2, 0.25) is 0 Å². The molecular weight excluding hydrogens is 431 g/mol. The van der Waals surface area contributed by atoms with Crippen LogP contribution in [0.4, 0.5) is 5.69 Å². The molecule has 0 aromatic heterocycles. The van der Waals surface area contributed by atoms with Crippen LogP contribution in [-0.2, 0) is 9.53 Å². The molecular formula is C18H29IN4O2. The molecule has 7 heteroatoms. The largest absolute Gasteiger partial charge is 0.469 e. The number of nitrogens with zero attached hydrogens (tertiary/aromatic N) is 3. The van der Waals surface area contributed by atoms with E-state index in [2.05, 4.69) is 46.2 Å². The summed E-state index contributed by atoms with van der Waals surface area (Å²) < 4.78 is 4.90. The van der Waals surface area contributed by atoms with Gasteiger partial charge in [0.2, 0.25) is 0 Å². The normalized spacial score (nSPS) is 20.0. The average Bonchev–Trinajstić information content (AvgIpc) is 3.00. The fourth-order valence-corrected chi connectivity index (χ4v) is 3.08.